The number of carbonyl (C=O) groups excluding carboxylic acids is 1. The fraction of sp³-hybridized carbons (Fsp3) is 0.227. The molecule has 0 bridgehead atoms. The Morgan fingerprint density at radius 3 is 2.61 bits per heavy atom. The predicted molar refractivity (Wildman–Crippen MR) is 114 cm³/mol. The number of carbonyl (C=O) groups is 1. The highest BCUT2D eigenvalue weighted by atomic mass is 32.1. The zero-order chi connectivity index (χ0) is 22.1. The van der Waals surface area contributed by atoms with Crippen LogP contribution in [-0.2, 0) is 9.53 Å². The van der Waals surface area contributed by atoms with E-state index in [0.717, 1.165) is 0 Å². The van der Waals surface area contributed by atoms with Gasteiger partial charge in [-0.1, -0.05) is 17.4 Å². The lowest BCUT2D eigenvalue weighted by atomic mass is 9.95. The summed E-state index contributed by atoms with van der Waals surface area (Å²) in [6.07, 6.45) is 3.20. The van der Waals surface area contributed by atoms with E-state index in [1.807, 2.05) is 0 Å². The summed E-state index contributed by atoms with van der Waals surface area (Å²) in [4.78, 5) is 31.1. The summed E-state index contributed by atoms with van der Waals surface area (Å²) in [5.74, 6) is 1.02. The highest BCUT2D eigenvalue weighted by Crippen LogP contribution is 2.35. The summed E-state index contributed by atoms with van der Waals surface area (Å²) < 4.78 is 23.1. The van der Waals surface area contributed by atoms with Gasteiger partial charge in [-0.15, -0.1) is 0 Å². The van der Waals surface area contributed by atoms with Crippen LogP contribution in [0.2, 0.25) is 0 Å². The number of aromatic nitrogens is 1. The number of hydrogen-bond acceptors (Lipinski definition) is 8. The number of nitrogens with zero attached hydrogens (tertiary/aromatic N) is 2. The number of esters is 1. The maximum absolute atomic E-state index is 13.4. The fourth-order valence-electron chi connectivity index (χ4n) is 3.53. The van der Waals surface area contributed by atoms with Gasteiger partial charge in [-0.05, 0) is 36.8 Å². The van der Waals surface area contributed by atoms with Crippen LogP contribution in [0.4, 0.5) is 0 Å². The van der Waals surface area contributed by atoms with Crippen molar-refractivity contribution in [1.29, 1.82) is 0 Å². The third-order valence-corrected chi connectivity index (χ3v) is 5.95. The Kier molecular flexibility index (Phi) is 5.51. The number of allylic oxidation sites excluding steroid dienone is 1. The first-order valence-electron chi connectivity index (χ1n) is 9.34. The van der Waals surface area contributed by atoms with Crippen molar-refractivity contribution in [3.05, 3.63) is 78.9 Å². The number of rotatable bonds is 5. The van der Waals surface area contributed by atoms with Gasteiger partial charge in [0.05, 0.1) is 49.4 Å². The molecule has 1 aliphatic heterocycles. The third kappa shape index (κ3) is 3.57. The van der Waals surface area contributed by atoms with Crippen molar-refractivity contribution >= 4 is 23.4 Å². The molecule has 0 spiro atoms. The molecule has 0 unspecified atom stereocenters. The number of hydrogen-bond donors (Lipinski definition) is 0. The lowest BCUT2D eigenvalue weighted by Gasteiger charge is -2.25. The second-order valence-electron chi connectivity index (χ2n) is 6.70. The molecular formula is C22H20N2O6S. The Morgan fingerprint density at radius 2 is 1.97 bits per heavy atom. The lowest BCUT2D eigenvalue weighted by molar-refractivity contribution is -0.136. The zero-order valence-electron chi connectivity index (χ0n) is 17.4. The summed E-state index contributed by atoms with van der Waals surface area (Å²) in [6.45, 7) is 1.73. The summed E-state index contributed by atoms with van der Waals surface area (Å²) in [5.41, 5.74) is 1.15. The molecule has 1 aliphatic rings. The molecule has 0 saturated carbocycles. The number of furan rings is 1. The highest BCUT2D eigenvalue weighted by molar-refractivity contribution is 7.07. The third-order valence-electron chi connectivity index (χ3n) is 4.97. The van der Waals surface area contributed by atoms with Crippen LogP contribution in [0.5, 0.6) is 11.5 Å². The largest absolute Gasteiger partial charge is 0.493 e. The molecule has 0 N–H and O–H groups in total. The Bertz CT molecular complexity index is 1350. The lowest BCUT2D eigenvalue weighted by Crippen LogP contribution is -2.39. The van der Waals surface area contributed by atoms with Crippen LogP contribution in [0.3, 0.4) is 0 Å². The van der Waals surface area contributed by atoms with Crippen molar-refractivity contribution in [1.82, 2.24) is 4.57 Å². The average molecular weight is 440 g/mol. The maximum atomic E-state index is 13.4. The van der Waals surface area contributed by atoms with Gasteiger partial charge in [-0.3, -0.25) is 9.36 Å². The standard InChI is InChI=1S/C22H20N2O6S/c1-12-18(21(26)29-4)19(13-7-8-15(27-2)16(10-13)28-3)24-20(25)17(31-22(24)23-12)11-14-6-5-9-30-14/h5-11,19H,1-4H3/b17-11-/t19-/m0/s1. The Hall–Kier alpha value is -3.59. The molecule has 160 valence electrons. The van der Waals surface area contributed by atoms with Gasteiger partial charge in [0, 0.05) is 6.08 Å². The number of ether oxygens (including phenoxy) is 3. The Morgan fingerprint density at radius 1 is 1.19 bits per heavy atom. The predicted octanol–water partition coefficient (Wildman–Crippen LogP) is 2.02. The van der Waals surface area contributed by atoms with Gasteiger partial charge in [0.15, 0.2) is 16.3 Å². The molecule has 3 aromatic rings. The molecule has 1 aromatic carbocycles. The average Bonchev–Trinajstić information content (AvgIpc) is 3.40. The van der Waals surface area contributed by atoms with E-state index in [2.05, 4.69) is 4.99 Å². The van der Waals surface area contributed by atoms with E-state index < -0.39 is 12.0 Å². The van der Waals surface area contributed by atoms with Gasteiger partial charge in [-0.25, -0.2) is 9.79 Å². The van der Waals surface area contributed by atoms with Gasteiger partial charge >= 0.3 is 5.97 Å². The Labute approximate surface area is 181 Å². The van der Waals surface area contributed by atoms with Gasteiger partial charge < -0.3 is 18.6 Å². The maximum Gasteiger partial charge on any atom is 0.338 e. The van der Waals surface area contributed by atoms with Crippen molar-refractivity contribution in [2.75, 3.05) is 21.3 Å². The van der Waals surface area contributed by atoms with E-state index in [4.69, 9.17) is 18.6 Å². The number of benzene rings is 1. The van der Waals surface area contributed by atoms with E-state index in [-0.39, 0.29) is 11.1 Å². The van der Waals surface area contributed by atoms with Crippen LogP contribution < -0.4 is 24.4 Å². The van der Waals surface area contributed by atoms with Crippen LogP contribution in [0, 0.1) is 0 Å². The van der Waals surface area contributed by atoms with E-state index in [0.29, 0.717) is 37.9 Å². The summed E-state index contributed by atoms with van der Waals surface area (Å²) in [5, 5.41) is 0. The molecule has 0 amide bonds. The molecule has 31 heavy (non-hydrogen) atoms. The van der Waals surface area contributed by atoms with Gasteiger partial charge in [0.1, 0.15) is 5.76 Å². The van der Waals surface area contributed by atoms with Crippen molar-refractivity contribution in [3.63, 3.8) is 0 Å². The topological polar surface area (TPSA) is 92.3 Å². The van der Waals surface area contributed by atoms with Crippen molar-refractivity contribution in [2.24, 2.45) is 4.99 Å². The van der Waals surface area contributed by atoms with E-state index in [9.17, 15) is 9.59 Å². The van der Waals surface area contributed by atoms with Gasteiger partial charge in [0.25, 0.3) is 5.56 Å². The molecule has 0 aliphatic carbocycles. The molecule has 8 nitrogen and oxygen atoms in total. The quantitative estimate of drug-likeness (QED) is 0.564. The van der Waals surface area contributed by atoms with Crippen LogP contribution in [0.1, 0.15) is 24.3 Å². The SMILES string of the molecule is COC(=O)C1=C(C)N=c2s/c(=C\c3ccco3)c(=O)n2[C@H]1c1ccc(OC)c(OC)c1. The normalized spacial score (nSPS) is 16.0. The molecule has 0 saturated heterocycles. The van der Waals surface area contributed by atoms with Gasteiger partial charge in [-0.2, -0.15) is 0 Å². The van der Waals surface area contributed by atoms with E-state index >= 15 is 0 Å². The first kappa shape index (κ1) is 20.7. The molecule has 2 aromatic heterocycles. The van der Waals surface area contributed by atoms with E-state index in [1.54, 1.807) is 50.4 Å². The summed E-state index contributed by atoms with van der Waals surface area (Å²) in [6, 6.07) is 8.04. The summed E-state index contributed by atoms with van der Waals surface area (Å²) >= 11 is 1.23. The van der Waals surface area contributed by atoms with Crippen molar-refractivity contribution in [2.45, 2.75) is 13.0 Å². The molecule has 4 rings (SSSR count). The highest BCUT2D eigenvalue weighted by Gasteiger charge is 2.33. The summed E-state index contributed by atoms with van der Waals surface area (Å²) in [7, 11) is 4.37. The van der Waals surface area contributed by atoms with Crippen LogP contribution in [0.25, 0.3) is 6.08 Å². The van der Waals surface area contributed by atoms with Crippen molar-refractivity contribution < 1.29 is 23.4 Å². The Balaban J connectivity index is 1.99. The minimum atomic E-state index is -0.734. The van der Waals surface area contributed by atoms with Crippen LogP contribution in [-0.4, -0.2) is 31.9 Å². The number of methoxy groups -OCH3 is 3. The fourth-order valence-corrected chi connectivity index (χ4v) is 4.56. The minimum absolute atomic E-state index is 0.283. The van der Waals surface area contributed by atoms with Crippen LogP contribution >= 0.6 is 11.3 Å². The second-order valence-corrected chi connectivity index (χ2v) is 7.71. The monoisotopic (exact) mass is 440 g/mol. The zero-order valence-corrected chi connectivity index (χ0v) is 18.2. The smallest absolute Gasteiger partial charge is 0.338 e. The first-order chi connectivity index (χ1) is 15.0. The van der Waals surface area contributed by atoms with Gasteiger partial charge in [0.2, 0.25) is 0 Å². The minimum Gasteiger partial charge on any atom is -0.493 e. The first-order valence-corrected chi connectivity index (χ1v) is 10.2. The molecule has 0 radical (unpaired) electrons. The van der Waals surface area contributed by atoms with Crippen LogP contribution in [0.15, 0.2) is 62.1 Å². The molecule has 3 heterocycles. The number of thiazole rings is 1. The van der Waals surface area contributed by atoms with Crippen molar-refractivity contribution in [3.8, 4) is 11.5 Å². The molecule has 0 fully saturated rings. The number of fused-ring (bicyclic) bond motifs is 1. The van der Waals surface area contributed by atoms with E-state index in [1.165, 1.54) is 36.4 Å². The molecule has 9 heteroatoms. The molecular weight excluding hydrogens is 420 g/mol. The second kappa shape index (κ2) is 8.27. The molecule has 1 atom stereocenters.